The van der Waals surface area contributed by atoms with Crippen molar-refractivity contribution in [2.45, 2.75) is 98.3 Å². The van der Waals surface area contributed by atoms with Crippen molar-refractivity contribution in [1.29, 1.82) is 5.26 Å². The molecule has 39 heavy (non-hydrogen) atoms. The molecule has 214 valence electrons. The van der Waals surface area contributed by atoms with Gasteiger partial charge in [0.15, 0.2) is 0 Å². The Morgan fingerprint density at radius 3 is 2.13 bits per heavy atom. The largest absolute Gasteiger partial charge is 0.357 e. The van der Waals surface area contributed by atoms with E-state index >= 15 is 0 Å². The molecule has 3 heterocycles. The molecule has 1 aromatic heterocycles. The number of thioether (sulfide) groups is 1. The smallest absolute Gasteiger partial charge is 0.270 e. The molecule has 8 heteroatoms. The molecule has 2 unspecified atom stereocenters. The summed E-state index contributed by atoms with van der Waals surface area (Å²) in [5, 5.41) is 9.75. The van der Waals surface area contributed by atoms with Crippen molar-refractivity contribution >= 4 is 46.1 Å². The van der Waals surface area contributed by atoms with Crippen LogP contribution in [0.15, 0.2) is 9.70 Å². The SMILES string of the molecule is CCCCCCCCCCCCN1C(=O)/C(=C/c2c(C)c(C#N)c(=O)n(C)c2N2CC(C)CC(C)C2)SC1=S. The van der Waals surface area contributed by atoms with E-state index in [-0.39, 0.29) is 17.0 Å². The summed E-state index contributed by atoms with van der Waals surface area (Å²) in [5.74, 6) is 1.70. The zero-order valence-electron chi connectivity index (χ0n) is 24.6. The maximum Gasteiger partial charge on any atom is 0.270 e. The third kappa shape index (κ3) is 7.98. The Labute approximate surface area is 244 Å². The molecule has 6 nitrogen and oxygen atoms in total. The number of piperidine rings is 1. The maximum absolute atomic E-state index is 13.4. The summed E-state index contributed by atoms with van der Waals surface area (Å²) in [6, 6.07) is 2.10. The minimum absolute atomic E-state index is 0.0704. The number of rotatable bonds is 13. The number of hydrogen-bond acceptors (Lipinski definition) is 6. The van der Waals surface area contributed by atoms with E-state index in [1.807, 2.05) is 13.0 Å². The fraction of sp³-hybridized carbons (Fsp3) is 0.677. The zero-order chi connectivity index (χ0) is 28.5. The summed E-state index contributed by atoms with van der Waals surface area (Å²) in [4.78, 5) is 31.0. The first-order valence-corrected chi connectivity index (χ1v) is 16.1. The summed E-state index contributed by atoms with van der Waals surface area (Å²) in [6.07, 6.45) is 15.5. The number of hydrogen-bond donors (Lipinski definition) is 0. The lowest BCUT2D eigenvalue weighted by atomic mass is 9.91. The van der Waals surface area contributed by atoms with Gasteiger partial charge in [0.05, 0.1) is 4.91 Å². The molecule has 2 aliphatic rings. The van der Waals surface area contributed by atoms with Crippen molar-refractivity contribution < 1.29 is 4.79 Å². The molecule has 0 N–H and O–H groups in total. The molecule has 3 rings (SSSR count). The van der Waals surface area contributed by atoms with Gasteiger partial charge < -0.3 is 4.90 Å². The molecule has 2 atom stereocenters. The van der Waals surface area contributed by atoms with Crippen molar-refractivity contribution in [2.24, 2.45) is 18.9 Å². The van der Waals surface area contributed by atoms with E-state index in [4.69, 9.17) is 12.2 Å². The van der Waals surface area contributed by atoms with E-state index in [2.05, 4.69) is 31.7 Å². The Balaban J connectivity index is 1.72. The molecule has 2 fully saturated rings. The van der Waals surface area contributed by atoms with Gasteiger partial charge in [-0.05, 0) is 43.2 Å². The number of anilines is 1. The van der Waals surface area contributed by atoms with Gasteiger partial charge in [-0.2, -0.15) is 5.26 Å². The summed E-state index contributed by atoms with van der Waals surface area (Å²) in [5.41, 5.74) is 1.24. The van der Waals surface area contributed by atoms with Gasteiger partial charge in [-0.1, -0.05) is 103 Å². The van der Waals surface area contributed by atoms with Crippen molar-refractivity contribution in [3.05, 3.63) is 31.9 Å². The van der Waals surface area contributed by atoms with Crippen LogP contribution in [-0.4, -0.2) is 39.3 Å². The van der Waals surface area contributed by atoms with Crippen LogP contribution in [0.4, 0.5) is 5.82 Å². The van der Waals surface area contributed by atoms with Crippen molar-refractivity contribution in [3.63, 3.8) is 0 Å². The maximum atomic E-state index is 13.4. The third-order valence-electron chi connectivity index (χ3n) is 8.02. The van der Waals surface area contributed by atoms with Crippen LogP contribution >= 0.6 is 24.0 Å². The van der Waals surface area contributed by atoms with Crippen LogP contribution < -0.4 is 10.5 Å². The summed E-state index contributed by atoms with van der Waals surface area (Å²) in [6.45, 7) is 10.8. The molecule has 1 aromatic rings. The Morgan fingerprint density at radius 1 is 1.00 bits per heavy atom. The highest BCUT2D eigenvalue weighted by molar-refractivity contribution is 8.26. The van der Waals surface area contributed by atoms with Crippen LogP contribution in [0, 0.1) is 30.1 Å². The first kappa shape index (κ1) is 31.4. The predicted octanol–water partition coefficient (Wildman–Crippen LogP) is 7.17. The van der Waals surface area contributed by atoms with Gasteiger partial charge in [-0.3, -0.25) is 19.1 Å². The van der Waals surface area contributed by atoms with Crippen molar-refractivity contribution in [3.8, 4) is 6.07 Å². The molecule has 0 bridgehead atoms. The zero-order valence-corrected chi connectivity index (χ0v) is 26.2. The van der Waals surface area contributed by atoms with Gasteiger partial charge in [-0.15, -0.1) is 0 Å². The van der Waals surface area contributed by atoms with E-state index in [1.165, 1.54) is 63.1 Å². The molecular formula is C31H46N4O2S2. The third-order valence-corrected chi connectivity index (χ3v) is 9.40. The minimum Gasteiger partial charge on any atom is -0.357 e. The van der Waals surface area contributed by atoms with E-state index in [1.54, 1.807) is 16.5 Å². The van der Waals surface area contributed by atoms with E-state index in [0.717, 1.165) is 43.7 Å². The second-order valence-electron chi connectivity index (χ2n) is 11.6. The quantitative estimate of drug-likeness (QED) is 0.142. The second-order valence-corrected chi connectivity index (χ2v) is 13.3. The van der Waals surface area contributed by atoms with Crippen molar-refractivity contribution in [2.75, 3.05) is 24.5 Å². The molecular weight excluding hydrogens is 525 g/mol. The topological polar surface area (TPSA) is 69.3 Å². The van der Waals surface area contributed by atoms with Gasteiger partial charge in [0, 0.05) is 32.2 Å². The van der Waals surface area contributed by atoms with E-state index in [9.17, 15) is 14.9 Å². The molecule has 0 aliphatic carbocycles. The normalized spacial score (nSPS) is 20.8. The monoisotopic (exact) mass is 570 g/mol. The van der Waals surface area contributed by atoms with Gasteiger partial charge in [0.1, 0.15) is 21.8 Å². The second kappa shape index (κ2) is 15.0. The average Bonchev–Trinajstić information content (AvgIpc) is 3.15. The Hall–Kier alpha value is -2.11. The lowest BCUT2D eigenvalue weighted by Crippen LogP contribution is -2.42. The molecule has 0 radical (unpaired) electrons. The van der Waals surface area contributed by atoms with Crippen LogP contribution in [0.1, 0.15) is 108 Å². The van der Waals surface area contributed by atoms with E-state index < -0.39 is 0 Å². The molecule has 2 aliphatic heterocycles. The molecule has 1 amide bonds. The van der Waals surface area contributed by atoms with Gasteiger partial charge >= 0.3 is 0 Å². The Kier molecular flexibility index (Phi) is 12.1. The lowest BCUT2D eigenvalue weighted by molar-refractivity contribution is -0.122. The number of amides is 1. The number of carbonyl (C=O) groups excluding carboxylic acids is 1. The van der Waals surface area contributed by atoms with Crippen LogP contribution in [-0.2, 0) is 11.8 Å². The summed E-state index contributed by atoms with van der Waals surface area (Å²) >= 11 is 6.93. The standard InChI is InChI=1S/C31H46N4O2S2/c1-6-7-8-9-10-11-12-13-14-15-16-35-30(37)27(39-31(35)38)18-25-24(4)26(19-32)29(36)33(5)28(25)34-20-22(2)17-23(3)21-34/h18,22-23H,6-17,20-21H2,1-5H3/b27-18-. The first-order valence-electron chi connectivity index (χ1n) is 14.8. The Morgan fingerprint density at radius 2 is 1.56 bits per heavy atom. The number of pyridine rings is 1. The van der Waals surface area contributed by atoms with Gasteiger partial charge in [0.2, 0.25) is 0 Å². The molecule has 0 spiro atoms. The number of nitriles is 1. The van der Waals surface area contributed by atoms with Crippen LogP contribution in [0.25, 0.3) is 6.08 Å². The number of unbranched alkanes of at least 4 members (excludes halogenated alkanes) is 9. The van der Waals surface area contributed by atoms with Crippen molar-refractivity contribution in [1.82, 2.24) is 9.47 Å². The Bertz CT molecular complexity index is 1160. The van der Waals surface area contributed by atoms with Gasteiger partial charge in [-0.25, -0.2) is 0 Å². The van der Waals surface area contributed by atoms with Gasteiger partial charge in [0.25, 0.3) is 11.5 Å². The van der Waals surface area contributed by atoms with Crippen LogP contribution in [0.2, 0.25) is 0 Å². The van der Waals surface area contributed by atoms with Crippen LogP contribution in [0.5, 0.6) is 0 Å². The fourth-order valence-corrected chi connectivity index (χ4v) is 7.30. The fourth-order valence-electron chi connectivity index (χ4n) is 6.01. The number of carbonyl (C=O) groups is 1. The molecule has 0 saturated carbocycles. The minimum atomic E-state index is -0.290. The van der Waals surface area contributed by atoms with Crippen LogP contribution in [0.3, 0.4) is 0 Å². The highest BCUT2D eigenvalue weighted by Crippen LogP contribution is 2.37. The molecule has 0 aromatic carbocycles. The molecule has 2 saturated heterocycles. The van der Waals surface area contributed by atoms with E-state index in [0.29, 0.717) is 33.2 Å². The first-order chi connectivity index (χ1) is 18.7. The summed E-state index contributed by atoms with van der Waals surface area (Å²) < 4.78 is 2.18. The lowest BCUT2D eigenvalue weighted by Gasteiger charge is -2.38. The number of aromatic nitrogens is 1. The highest BCUT2D eigenvalue weighted by atomic mass is 32.2. The summed E-state index contributed by atoms with van der Waals surface area (Å²) in [7, 11) is 1.73. The number of nitrogens with zero attached hydrogens (tertiary/aromatic N) is 4. The average molecular weight is 571 g/mol. The predicted molar refractivity (Wildman–Crippen MR) is 168 cm³/mol. The number of thiocarbonyl (C=S) groups is 1. The highest BCUT2D eigenvalue weighted by Gasteiger charge is 2.33.